The van der Waals surface area contributed by atoms with Gasteiger partial charge in [0, 0.05) is 55.3 Å². The molecule has 2 N–H and O–H groups in total. The number of aryl methyl sites for hydroxylation is 2. The first-order valence-corrected chi connectivity index (χ1v) is 10.3. The number of rotatable bonds is 6. The van der Waals surface area contributed by atoms with Crippen molar-refractivity contribution in [3.05, 3.63) is 58.5 Å². The van der Waals surface area contributed by atoms with Gasteiger partial charge in [0.05, 0.1) is 0 Å². The molecule has 2 aromatic heterocycles. The summed E-state index contributed by atoms with van der Waals surface area (Å²) in [5, 5.41) is 8.80. The second-order valence-corrected chi connectivity index (χ2v) is 7.56. The normalized spacial score (nSPS) is 16.9. The lowest BCUT2D eigenvalue weighted by molar-refractivity contribution is -0.121. The van der Waals surface area contributed by atoms with E-state index in [4.69, 9.17) is 0 Å². The maximum atomic E-state index is 12.5. The summed E-state index contributed by atoms with van der Waals surface area (Å²) < 4.78 is 1.47. The van der Waals surface area contributed by atoms with Gasteiger partial charge in [0.2, 0.25) is 5.91 Å². The van der Waals surface area contributed by atoms with Crippen LogP contribution in [0.5, 0.6) is 0 Å². The fourth-order valence-electron chi connectivity index (χ4n) is 4.02. The van der Waals surface area contributed by atoms with Crippen molar-refractivity contribution >= 4 is 22.6 Å². The smallest absolute Gasteiger partial charge is 0.266 e. The number of nitrogens with one attached hydrogen (secondary N) is 2. The number of hydrogen-bond donors (Lipinski definition) is 2. The molecule has 3 heterocycles. The zero-order chi connectivity index (χ0) is 20.2. The summed E-state index contributed by atoms with van der Waals surface area (Å²) >= 11 is 0. The summed E-state index contributed by atoms with van der Waals surface area (Å²) in [6.07, 6.45) is 5.13. The first kappa shape index (κ1) is 19.2. The molecule has 1 unspecified atom stereocenters. The van der Waals surface area contributed by atoms with E-state index in [-0.39, 0.29) is 17.5 Å². The van der Waals surface area contributed by atoms with E-state index in [2.05, 4.69) is 26.4 Å². The standard InChI is InChI=1S/C22H27N5O2/c1-2-27-22(29)12-10-20(25-27)26-13-5-6-17(15-26)24-21(28)11-9-16-14-23-19-8-4-3-7-18(16)19/h3-4,7-8,10,12,14,17,23H,2,5-6,9,11,13,15H2,1H3,(H,24,28). The highest BCUT2D eigenvalue weighted by Gasteiger charge is 2.23. The van der Waals surface area contributed by atoms with Gasteiger partial charge in [-0.05, 0) is 43.9 Å². The Hall–Kier alpha value is -3.09. The third kappa shape index (κ3) is 4.34. The summed E-state index contributed by atoms with van der Waals surface area (Å²) in [6, 6.07) is 11.6. The number of nitrogens with zero attached hydrogens (tertiary/aromatic N) is 3. The molecular weight excluding hydrogens is 366 g/mol. The van der Waals surface area contributed by atoms with Crippen molar-refractivity contribution in [2.45, 2.75) is 45.2 Å². The zero-order valence-electron chi connectivity index (χ0n) is 16.7. The Morgan fingerprint density at radius 3 is 3.00 bits per heavy atom. The number of aromatic nitrogens is 3. The first-order valence-electron chi connectivity index (χ1n) is 10.3. The molecule has 1 amide bonds. The fourth-order valence-corrected chi connectivity index (χ4v) is 4.02. The number of aromatic amines is 1. The third-order valence-corrected chi connectivity index (χ3v) is 5.56. The zero-order valence-corrected chi connectivity index (χ0v) is 16.7. The average Bonchev–Trinajstić information content (AvgIpc) is 3.16. The molecule has 1 aliphatic heterocycles. The number of benzene rings is 1. The number of anilines is 1. The van der Waals surface area contributed by atoms with Crippen molar-refractivity contribution in [3.8, 4) is 0 Å². The summed E-state index contributed by atoms with van der Waals surface area (Å²) in [5.74, 6) is 0.873. The molecule has 7 heteroatoms. The molecule has 1 fully saturated rings. The fraction of sp³-hybridized carbons (Fsp3) is 0.409. The van der Waals surface area contributed by atoms with Gasteiger partial charge in [-0.25, -0.2) is 4.68 Å². The van der Waals surface area contributed by atoms with Crippen LogP contribution in [-0.4, -0.2) is 39.8 Å². The van der Waals surface area contributed by atoms with Crippen LogP contribution in [0.2, 0.25) is 0 Å². The molecule has 1 atom stereocenters. The van der Waals surface area contributed by atoms with Gasteiger partial charge in [0.25, 0.3) is 5.56 Å². The maximum absolute atomic E-state index is 12.5. The molecule has 0 radical (unpaired) electrons. The average molecular weight is 393 g/mol. The van der Waals surface area contributed by atoms with Crippen molar-refractivity contribution in [2.75, 3.05) is 18.0 Å². The number of fused-ring (bicyclic) bond motifs is 1. The Bertz CT molecular complexity index is 1050. The Morgan fingerprint density at radius 2 is 2.14 bits per heavy atom. The Kier molecular flexibility index (Phi) is 5.64. The van der Waals surface area contributed by atoms with Crippen LogP contribution in [0.3, 0.4) is 0 Å². The van der Waals surface area contributed by atoms with Crippen LogP contribution in [-0.2, 0) is 17.8 Å². The van der Waals surface area contributed by atoms with Crippen molar-refractivity contribution in [1.29, 1.82) is 0 Å². The highest BCUT2D eigenvalue weighted by molar-refractivity contribution is 5.84. The van der Waals surface area contributed by atoms with Crippen molar-refractivity contribution < 1.29 is 4.79 Å². The van der Waals surface area contributed by atoms with Crippen LogP contribution in [0.4, 0.5) is 5.82 Å². The SMILES string of the molecule is CCn1nc(N2CCCC(NC(=O)CCc3c[nH]c4ccccc34)C2)ccc1=O. The predicted octanol–water partition coefficient (Wildman–Crippen LogP) is 2.46. The van der Waals surface area contributed by atoms with Crippen LogP contribution in [0.25, 0.3) is 10.9 Å². The highest BCUT2D eigenvalue weighted by atomic mass is 16.1. The first-order chi connectivity index (χ1) is 14.1. The lowest BCUT2D eigenvalue weighted by Crippen LogP contribution is -2.48. The Morgan fingerprint density at radius 1 is 1.28 bits per heavy atom. The molecule has 0 aliphatic carbocycles. The Labute approximate surface area is 169 Å². The minimum absolute atomic E-state index is 0.0774. The monoisotopic (exact) mass is 393 g/mol. The summed E-state index contributed by atoms with van der Waals surface area (Å²) in [5.41, 5.74) is 2.19. The molecule has 3 aromatic rings. The molecule has 0 spiro atoms. The quantitative estimate of drug-likeness (QED) is 0.674. The molecule has 4 rings (SSSR count). The minimum atomic E-state index is -0.0876. The second kappa shape index (κ2) is 8.51. The topological polar surface area (TPSA) is 83.0 Å². The second-order valence-electron chi connectivity index (χ2n) is 7.56. The van der Waals surface area contributed by atoms with Crippen LogP contribution < -0.4 is 15.8 Å². The van der Waals surface area contributed by atoms with E-state index >= 15 is 0 Å². The number of para-hydroxylation sites is 1. The van der Waals surface area contributed by atoms with E-state index in [0.29, 0.717) is 19.5 Å². The van der Waals surface area contributed by atoms with Crippen LogP contribution in [0, 0.1) is 0 Å². The van der Waals surface area contributed by atoms with Gasteiger partial charge in [-0.1, -0.05) is 18.2 Å². The number of H-pyrrole nitrogens is 1. The number of amides is 1. The van der Waals surface area contributed by atoms with Crippen molar-refractivity contribution in [1.82, 2.24) is 20.1 Å². The summed E-state index contributed by atoms with van der Waals surface area (Å²) in [6.45, 7) is 4.06. The van der Waals surface area contributed by atoms with Gasteiger partial charge < -0.3 is 15.2 Å². The minimum Gasteiger partial charge on any atom is -0.361 e. The number of carbonyl (C=O) groups is 1. The van der Waals surface area contributed by atoms with Gasteiger partial charge in [-0.15, -0.1) is 0 Å². The highest BCUT2D eigenvalue weighted by Crippen LogP contribution is 2.20. The van der Waals surface area contributed by atoms with Crippen LogP contribution in [0.15, 0.2) is 47.4 Å². The molecule has 0 saturated carbocycles. The molecule has 1 saturated heterocycles. The predicted molar refractivity (Wildman–Crippen MR) is 114 cm³/mol. The van der Waals surface area contributed by atoms with Gasteiger partial charge >= 0.3 is 0 Å². The third-order valence-electron chi connectivity index (χ3n) is 5.56. The van der Waals surface area contributed by atoms with E-state index in [9.17, 15) is 9.59 Å². The van der Waals surface area contributed by atoms with Crippen molar-refractivity contribution in [2.24, 2.45) is 0 Å². The molecule has 1 aromatic carbocycles. The number of carbonyl (C=O) groups excluding carboxylic acids is 1. The summed E-state index contributed by atoms with van der Waals surface area (Å²) in [4.78, 5) is 29.7. The van der Waals surface area contributed by atoms with Gasteiger partial charge in [0.15, 0.2) is 0 Å². The summed E-state index contributed by atoms with van der Waals surface area (Å²) in [7, 11) is 0. The molecule has 29 heavy (non-hydrogen) atoms. The van der Waals surface area contributed by atoms with E-state index in [1.54, 1.807) is 12.1 Å². The van der Waals surface area contributed by atoms with E-state index in [1.807, 2.05) is 31.3 Å². The number of piperidine rings is 1. The molecule has 0 bridgehead atoms. The lowest BCUT2D eigenvalue weighted by atomic mass is 10.0. The number of hydrogen-bond acceptors (Lipinski definition) is 4. The van der Waals surface area contributed by atoms with E-state index < -0.39 is 0 Å². The van der Waals surface area contributed by atoms with Crippen LogP contribution >= 0.6 is 0 Å². The van der Waals surface area contributed by atoms with Gasteiger partial charge in [-0.3, -0.25) is 9.59 Å². The Balaban J connectivity index is 1.34. The largest absolute Gasteiger partial charge is 0.361 e. The molecule has 152 valence electrons. The van der Waals surface area contributed by atoms with Crippen molar-refractivity contribution in [3.63, 3.8) is 0 Å². The molecular formula is C22H27N5O2. The molecule has 1 aliphatic rings. The van der Waals surface area contributed by atoms with Gasteiger partial charge in [-0.2, -0.15) is 5.10 Å². The van der Waals surface area contributed by atoms with Crippen LogP contribution in [0.1, 0.15) is 31.7 Å². The lowest BCUT2D eigenvalue weighted by Gasteiger charge is -2.34. The van der Waals surface area contributed by atoms with E-state index in [1.165, 1.54) is 15.6 Å². The maximum Gasteiger partial charge on any atom is 0.266 e. The molecule has 7 nitrogen and oxygen atoms in total. The van der Waals surface area contributed by atoms with E-state index in [0.717, 1.165) is 37.1 Å². The van der Waals surface area contributed by atoms with Gasteiger partial charge in [0.1, 0.15) is 5.82 Å².